The quantitative estimate of drug-likeness (QED) is 0.849. The van der Waals surface area contributed by atoms with E-state index in [0.717, 1.165) is 44.1 Å². The normalized spacial score (nSPS) is 28.5. The van der Waals surface area contributed by atoms with Crippen LogP contribution in [0.15, 0.2) is 28.7 Å². The van der Waals surface area contributed by atoms with E-state index in [0.29, 0.717) is 6.61 Å². The van der Waals surface area contributed by atoms with E-state index in [1.54, 1.807) is 0 Å². The third kappa shape index (κ3) is 2.09. The van der Waals surface area contributed by atoms with Crippen molar-refractivity contribution in [3.63, 3.8) is 0 Å². The second kappa shape index (κ2) is 4.95. The van der Waals surface area contributed by atoms with Crippen molar-refractivity contribution in [2.75, 3.05) is 13.2 Å². The molecule has 2 aliphatic rings. The number of nitrogens with zero attached hydrogens (tertiary/aromatic N) is 2. The summed E-state index contributed by atoms with van der Waals surface area (Å²) in [6.45, 7) is 3.73. The minimum atomic E-state index is -0.153. The van der Waals surface area contributed by atoms with Gasteiger partial charge >= 0.3 is 0 Å². The summed E-state index contributed by atoms with van der Waals surface area (Å²) in [5.41, 5.74) is 2.60. The third-order valence-electron chi connectivity index (χ3n) is 4.93. The van der Waals surface area contributed by atoms with Crippen LogP contribution in [0.1, 0.15) is 55.0 Å². The maximum Gasteiger partial charge on any atom is 0.226 e. The van der Waals surface area contributed by atoms with E-state index >= 15 is 0 Å². The topological polar surface area (TPSA) is 48.2 Å². The predicted molar refractivity (Wildman–Crippen MR) is 78.3 cm³/mol. The molecule has 110 valence electrons. The Morgan fingerprint density at radius 2 is 2.14 bits per heavy atom. The smallest absolute Gasteiger partial charge is 0.226 e. The number of rotatable bonds is 2. The summed E-state index contributed by atoms with van der Waals surface area (Å²) in [6, 6.07) is 8.63. The van der Waals surface area contributed by atoms with Gasteiger partial charge in [0, 0.05) is 6.61 Å². The molecular formula is C17H20N2O2. The first kappa shape index (κ1) is 13.0. The van der Waals surface area contributed by atoms with Crippen molar-refractivity contribution in [3.05, 3.63) is 47.2 Å². The van der Waals surface area contributed by atoms with Crippen LogP contribution in [-0.4, -0.2) is 23.4 Å². The van der Waals surface area contributed by atoms with Gasteiger partial charge in [-0.15, -0.1) is 10.2 Å². The Labute approximate surface area is 124 Å². The van der Waals surface area contributed by atoms with Crippen molar-refractivity contribution < 1.29 is 9.15 Å². The molecule has 1 aromatic carbocycles. The molecule has 2 heterocycles. The van der Waals surface area contributed by atoms with E-state index in [4.69, 9.17) is 9.15 Å². The fraction of sp³-hybridized carbons (Fsp3) is 0.529. The summed E-state index contributed by atoms with van der Waals surface area (Å²) in [7, 11) is 0. The van der Waals surface area contributed by atoms with Gasteiger partial charge < -0.3 is 9.15 Å². The Kier molecular flexibility index (Phi) is 3.07. The first-order valence-electron chi connectivity index (χ1n) is 7.77. The summed E-state index contributed by atoms with van der Waals surface area (Å²) in [6.07, 6.45) is 4.35. The first-order chi connectivity index (χ1) is 10.3. The van der Waals surface area contributed by atoms with Gasteiger partial charge in [0.2, 0.25) is 11.8 Å². The van der Waals surface area contributed by atoms with Gasteiger partial charge in [-0.1, -0.05) is 24.3 Å². The Morgan fingerprint density at radius 3 is 3.00 bits per heavy atom. The van der Waals surface area contributed by atoms with E-state index in [9.17, 15) is 0 Å². The van der Waals surface area contributed by atoms with E-state index in [1.807, 2.05) is 0 Å². The highest BCUT2D eigenvalue weighted by Crippen LogP contribution is 2.42. The lowest BCUT2D eigenvalue weighted by atomic mass is 9.71. The number of fused-ring (bicyclic) bond motifs is 1. The molecule has 0 N–H and O–H groups in total. The van der Waals surface area contributed by atoms with Crippen LogP contribution in [0.5, 0.6) is 0 Å². The van der Waals surface area contributed by atoms with Crippen molar-refractivity contribution in [1.82, 2.24) is 10.2 Å². The van der Waals surface area contributed by atoms with Crippen molar-refractivity contribution in [1.29, 1.82) is 0 Å². The number of aromatic nitrogens is 2. The van der Waals surface area contributed by atoms with Crippen molar-refractivity contribution in [3.8, 4) is 0 Å². The lowest BCUT2D eigenvalue weighted by Crippen LogP contribution is -2.29. The molecule has 2 aromatic rings. The Bertz CT molecular complexity index is 646. The highest BCUT2D eigenvalue weighted by atomic mass is 16.5. The van der Waals surface area contributed by atoms with E-state index in [1.165, 1.54) is 11.1 Å². The standard InChI is InChI=1S/C17H20N2O2/c1-17(9-4-6-12-5-2-3-7-14(12)17)16-19-18-15(21-16)13-8-10-20-11-13/h2-3,5,7,13H,4,6,8-11H2,1H3/t13-,17-/m0/s1. The second-order valence-electron chi connectivity index (χ2n) is 6.35. The average Bonchev–Trinajstić information content (AvgIpc) is 3.19. The van der Waals surface area contributed by atoms with Crippen molar-refractivity contribution in [2.24, 2.45) is 0 Å². The Morgan fingerprint density at radius 1 is 1.24 bits per heavy atom. The molecule has 1 fully saturated rings. The second-order valence-corrected chi connectivity index (χ2v) is 6.35. The number of benzene rings is 1. The Hall–Kier alpha value is -1.68. The number of hydrogen-bond acceptors (Lipinski definition) is 4. The molecule has 4 rings (SSSR count). The number of ether oxygens (including phenoxy) is 1. The molecule has 0 saturated carbocycles. The number of aryl methyl sites for hydroxylation is 1. The van der Waals surface area contributed by atoms with Crippen LogP contribution in [0.3, 0.4) is 0 Å². The van der Waals surface area contributed by atoms with Crippen LogP contribution < -0.4 is 0 Å². The monoisotopic (exact) mass is 284 g/mol. The molecule has 1 aliphatic heterocycles. The lowest BCUT2D eigenvalue weighted by molar-refractivity contribution is 0.190. The number of hydrogen-bond donors (Lipinski definition) is 0. The fourth-order valence-corrected chi connectivity index (χ4v) is 3.62. The molecular weight excluding hydrogens is 264 g/mol. The highest BCUT2D eigenvalue weighted by Gasteiger charge is 2.39. The zero-order valence-corrected chi connectivity index (χ0v) is 12.3. The molecule has 1 aliphatic carbocycles. The largest absolute Gasteiger partial charge is 0.424 e. The zero-order valence-electron chi connectivity index (χ0n) is 12.3. The summed E-state index contributed by atoms with van der Waals surface area (Å²) < 4.78 is 11.5. The molecule has 2 atom stereocenters. The van der Waals surface area contributed by atoms with Gasteiger partial charge in [-0.25, -0.2) is 0 Å². The van der Waals surface area contributed by atoms with Crippen LogP contribution >= 0.6 is 0 Å². The molecule has 4 nitrogen and oxygen atoms in total. The van der Waals surface area contributed by atoms with Gasteiger partial charge in [0.15, 0.2) is 0 Å². The summed E-state index contributed by atoms with van der Waals surface area (Å²) in [4.78, 5) is 0. The first-order valence-corrected chi connectivity index (χ1v) is 7.77. The molecule has 0 unspecified atom stereocenters. The molecule has 0 bridgehead atoms. The molecule has 1 saturated heterocycles. The van der Waals surface area contributed by atoms with Crippen LogP contribution in [0, 0.1) is 0 Å². The van der Waals surface area contributed by atoms with Crippen LogP contribution in [0.4, 0.5) is 0 Å². The van der Waals surface area contributed by atoms with Crippen molar-refractivity contribution >= 4 is 0 Å². The maximum absolute atomic E-state index is 6.06. The maximum atomic E-state index is 6.06. The zero-order chi connectivity index (χ0) is 14.3. The lowest BCUT2D eigenvalue weighted by Gasteiger charge is -2.32. The van der Waals surface area contributed by atoms with Gasteiger partial charge in [0.1, 0.15) is 0 Å². The highest BCUT2D eigenvalue weighted by molar-refractivity contribution is 5.40. The van der Waals surface area contributed by atoms with Gasteiger partial charge in [-0.05, 0) is 43.7 Å². The van der Waals surface area contributed by atoms with Crippen molar-refractivity contribution in [2.45, 2.75) is 43.9 Å². The van der Waals surface area contributed by atoms with E-state index < -0.39 is 0 Å². The van der Waals surface area contributed by atoms with Crippen LogP contribution in [0.25, 0.3) is 0 Å². The van der Waals surface area contributed by atoms with E-state index in [2.05, 4.69) is 41.4 Å². The molecule has 0 spiro atoms. The fourth-order valence-electron chi connectivity index (χ4n) is 3.62. The molecule has 21 heavy (non-hydrogen) atoms. The molecule has 0 amide bonds. The van der Waals surface area contributed by atoms with Crippen LogP contribution in [0.2, 0.25) is 0 Å². The van der Waals surface area contributed by atoms with Gasteiger partial charge in [0.25, 0.3) is 0 Å². The summed E-state index contributed by atoms with van der Waals surface area (Å²) in [5, 5.41) is 8.68. The third-order valence-corrected chi connectivity index (χ3v) is 4.93. The molecule has 4 heteroatoms. The van der Waals surface area contributed by atoms with Crippen LogP contribution in [-0.2, 0) is 16.6 Å². The molecule has 0 radical (unpaired) electrons. The van der Waals surface area contributed by atoms with Gasteiger partial charge in [-0.3, -0.25) is 0 Å². The minimum Gasteiger partial charge on any atom is -0.424 e. The van der Waals surface area contributed by atoms with Gasteiger partial charge in [-0.2, -0.15) is 0 Å². The molecule has 1 aromatic heterocycles. The van der Waals surface area contributed by atoms with E-state index in [-0.39, 0.29) is 11.3 Å². The summed E-state index contributed by atoms with van der Waals surface area (Å²) in [5.74, 6) is 1.78. The minimum absolute atomic E-state index is 0.153. The SMILES string of the molecule is C[C@]1(c2nnc([C@H]3CCOC3)o2)CCCc2ccccc21. The Balaban J connectivity index is 1.72. The predicted octanol–water partition coefficient (Wildman–Crippen LogP) is 3.22. The summed E-state index contributed by atoms with van der Waals surface area (Å²) >= 11 is 0. The average molecular weight is 284 g/mol. The van der Waals surface area contributed by atoms with Gasteiger partial charge in [0.05, 0.1) is 17.9 Å².